The van der Waals surface area contributed by atoms with Gasteiger partial charge >= 0.3 is 5.97 Å². The highest BCUT2D eigenvalue weighted by Crippen LogP contribution is 2.41. The predicted octanol–water partition coefficient (Wildman–Crippen LogP) is 2.88. The highest BCUT2D eigenvalue weighted by molar-refractivity contribution is 6.01. The van der Waals surface area contributed by atoms with Gasteiger partial charge in [-0.2, -0.15) is 0 Å². The Kier molecular flexibility index (Phi) is 2.73. The fourth-order valence-electron chi connectivity index (χ4n) is 2.32. The summed E-state index contributed by atoms with van der Waals surface area (Å²) in [5, 5.41) is 9.12. The summed E-state index contributed by atoms with van der Waals surface area (Å²) < 4.78 is 26.8. The summed E-state index contributed by atoms with van der Waals surface area (Å²) >= 11 is 0. The summed E-state index contributed by atoms with van der Waals surface area (Å²) in [6.07, 6.45) is -0.632. The average Bonchev–Trinajstić information content (AvgIpc) is 3.12. The van der Waals surface area contributed by atoms with Gasteiger partial charge in [-0.1, -0.05) is 6.07 Å². The molecule has 100 valence electrons. The number of fused-ring (bicyclic) bond motifs is 1. The van der Waals surface area contributed by atoms with Crippen molar-refractivity contribution < 1.29 is 18.7 Å². The van der Waals surface area contributed by atoms with Crippen molar-refractivity contribution in [1.29, 1.82) is 0 Å². The molecule has 19 heavy (non-hydrogen) atoms. The number of hydrogen-bond acceptors (Lipinski definition) is 2. The van der Waals surface area contributed by atoms with Crippen molar-refractivity contribution in [2.75, 3.05) is 0 Å². The number of nitrogens with zero attached hydrogens (tertiary/aromatic N) is 2. The maximum absolute atomic E-state index is 12.7. The summed E-state index contributed by atoms with van der Waals surface area (Å²) in [5.74, 6) is -0.313. The smallest absolute Gasteiger partial charge is 0.337 e. The van der Waals surface area contributed by atoms with Crippen molar-refractivity contribution in [3.8, 4) is 0 Å². The minimum atomic E-state index is -2.48. The minimum absolute atomic E-state index is 0.0624. The second-order valence-corrected chi connectivity index (χ2v) is 4.72. The zero-order valence-electron chi connectivity index (χ0n) is 10.0. The molecule has 1 heterocycles. The molecule has 1 N–H and O–H groups in total. The molecule has 1 aliphatic carbocycles. The fraction of sp³-hybridized carbons (Fsp3) is 0.385. The summed E-state index contributed by atoms with van der Waals surface area (Å²) in [4.78, 5) is 15.4. The number of imidazole rings is 1. The van der Waals surface area contributed by atoms with Crippen LogP contribution in [0, 0.1) is 0 Å². The number of para-hydroxylation sites is 1. The molecule has 0 amide bonds. The molecule has 3 rings (SSSR count). The van der Waals surface area contributed by atoms with E-state index in [0.717, 1.165) is 12.8 Å². The molecular weight excluding hydrogens is 254 g/mol. The first-order valence-electron chi connectivity index (χ1n) is 6.08. The third kappa shape index (κ3) is 2.07. The van der Waals surface area contributed by atoms with Crippen molar-refractivity contribution in [2.24, 2.45) is 0 Å². The summed E-state index contributed by atoms with van der Waals surface area (Å²) in [6, 6.07) is 4.65. The molecule has 1 fully saturated rings. The fourth-order valence-corrected chi connectivity index (χ4v) is 2.32. The zero-order chi connectivity index (χ0) is 13.6. The second-order valence-electron chi connectivity index (χ2n) is 4.72. The maximum atomic E-state index is 12.7. The first kappa shape index (κ1) is 12.1. The summed E-state index contributed by atoms with van der Waals surface area (Å²) in [7, 11) is 0. The van der Waals surface area contributed by atoms with E-state index in [1.165, 1.54) is 10.6 Å². The second kappa shape index (κ2) is 4.29. The van der Waals surface area contributed by atoms with Crippen LogP contribution in [0.2, 0.25) is 0 Å². The average molecular weight is 266 g/mol. The van der Waals surface area contributed by atoms with Gasteiger partial charge in [-0.05, 0) is 25.0 Å². The van der Waals surface area contributed by atoms with Crippen LogP contribution in [0.3, 0.4) is 0 Å². The Bertz CT molecular complexity index is 647. The first-order valence-corrected chi connectivity index (χ1v) is 6.08. The van der Waals surface area contributed by atoms with Crippen molar-refractivity contribution in [3.05, 3.63) is 29.6 Å². The van der Waals surface area contributed by atoms with Gasteiger partial charge in [-0.3, -0.25) is 0 Å². The standard InChI is InChI=1S/C13H12F2N2O2/c14-10(15)6-17-9-3-1-2-8(13(18)19)11(9)16-12(17)7-4-5-7/h1-3,7,10H,4-6H2,(H,18,19). The Morgan fingerprint density at radius 3 is 2.79 bits per heavy atom. The number of aromatic carboxylic acids is 1. The number of carboxylic acids is 1. The number of aromatic nitrogens is 2. The van der Waals surface area contributed by atoms with Gasteiger partial charge in [0.15, 0.2) is 0 Å². The normalized spacial score (nSPS) is 15.3. The lowest BCUT2D eigenvalue weighted by molar-refractivity contribution is 0.0699. The molecule has 1 aliphatic rings. The van der Waals surface area contributed by atoms with E-state index in [-0.39, 0.29) is 11.5 Å². The lowest BCUT2D eigenvalue weighted by Crippen LogP contribution is -2.09. The molecule has 0 bridgehead atoms. The molecule has 0 atom stereocenters. The van der Waals surface area contributed by atoms with E-state index in [1.807, 2.05) is 0 Å². The molecule has 2 aromatic rings. The number of halogens is 2. The number of hydrogen-bond donors (Lipinski definition) is 1. The predicted molar refractivity (Wildman–Crippen MR) is 64.7 cm³/mol. The molecule has 0 spiro atoms. The van der Waals surface area contributed by atoms with Crippen molar-refractivity contribution in [3.63, 3.8) is 0 Å². The first-order chi connectivity index (χ1) is 9.08. The monoisotopic (exact) mass is 266 g/mol. The van der Waals surface area contributed by atoms with Crippen LogP contribution in [-0.2, 0) is 6.54 Å². The lowest BCUT2D eigenvalue weighted by Gasteiger charge is -2.07. The van der Waals surface area contributed by atoms with Gasteiger partial charge in [0.25, 0.3) is 6.43 Å². The molecule has 0 saturated heterocycles. The third-order valence-electron chi connectivity index (χ3n) is 3.30. The van der Waals surface area contributed by atoms with Gasteiger partial charge in [-0.15, -0.1) is 0 Å². The number of benzene rings is 1. The SMILES string of the molecule is O=C(O)c1cccc2c1nc(C1CC1)n2CC(F)F. The minimum Gasteiger partial charge on any atom is -0.478 e. The Labute approximate surface area is 107 Å². The van der Waals surface area contributed by atoms with E-state index in [1.54, 1.807) is 12.1 Å². The molecule has 0 unspecified atom stereocenters. The van der Waals surface area contributed by atoms with E-state index in [2.05, 4.69) is 4.98 Å². The largest absolute Gasteiger partial charge is 0.478 e. The van der Waals surface area contributed by atoms with Crippen LogP contribution in [0.15, 0.2) is 18.2 Å². The van der Waals surface area contributed by atoms with Gasteiger partial charge in [0, 0.05) is 5.92 Å². The number of rotatable bonds is 4. The van der Waals surface area contributed by atoms with E-state index in [9.17, 15) is 13.6 Å². The van der Waals surface area contributed by atoms with Crippen LogP contribution < -0.4 is 0 Å². The Morgan fingerprint density at radius 1 is 1.47 bits per heavy atom. The van der Waals surface area contributed by atoms with Gasteiger partial charge in [0.2, 0.25) is 0 Å². The Hall–Kier alpha value is -1.98. The van der Waals surface area contributed by atoms with Gasteiger partial charge in [-0.25, -0.2) is 18.6 Å². The van der Waals surface area contributed by atoms with Crippen LogP contribution in [0.4, 0.5) is 8.78 Å². The molecule has 6 heteroatoms. The van der Waals surface area contributed by atoms with Crippen LogP contribution in [0.5, 0.6) is 0 Å². The molecule has 0 aliphatic heterocycles. The molecule has 0 radical (unpaired) electrons. The van der Waals surface area contributed by atoms with Crippen LogP contribution in [0.25, 0.3) is 11.0 Å². The lowest BCUT2D eigenvalue weighted by atomic mass is 10.2. The maximum Gasteiger partial charge on any atom is 0.337 e. The van der Waals surface area contributed by atoms with E-state index < -0.39 is 18.9 Å². The highest BCUT2D eigenvalue weighted by Gasteiger charge is 2.31. The molecular formula is C13H12F2N2O2. The van der Waals surface area contributed by atoms with Crippen molar-refractivity contribution >= 4 is 17.0 Å². The third-order valence-corrected chi connectivity index (χ3v) is 3.30. The highest BCUT2D eigenvalue weighted by atomic mass is 19.3. The van der Waals surface area contributed by atoms with Crippen molar-refractivity contribution in [2.45, 2.75) is 31.7 Å². The van der Waals surface area contributed by atoms with Crippen LogP contribution in [-0.4, -0.2) is 27.1 Å². The van der Waals surface area contributed by atoms with Gasteiger partial charge in [0.1, 0.15) is 11.3 Å². The molecule has 4 nitrogen and oxygen atoms in total. The number of alkyl halides is 2. The molecule has 1 aromatic heterocycles. The number of carboxylic acid groups (broad SMARTS) is 1. The summed E-state index contributed by atoms with van der Waals surface area (Å²) in [5.41, 5.74) is 0.840. The van der Waals surface area contributed by atoms with Crippen LogP contribution in [0.1, 0.15) is 34.9 Å². The van der Waals surface area contributed by atoms with Crippen molar-refractivity contribution in [1.82, 2.24) is 9.55 Å². The topological polar surface area (TPSA) is 55.1 Å². The van der Waals surface area contributed by atoms with E-state index in [0.29, 0.717) is 16.9 Å². The quantitative estimate of drug-likeness (QED) is 0.925. The Balaban J connectivity index is 2.22. The zero-order valence-corrected chi connectivity index (χ0v) is 10.0. The molecule has 1 aromatic carbocycles. The van der Waals surface area contributed by atoms with E-state index in [4.69, 9.17) is 5.11 Å². The van der Waals surface area contributed by atoms with Gasteiger partial charge in [0.05, 0.1) is 17.6 Å². The summed E-state index contributed by atoms with van der Waals surface area (Å²) in [6.45, 7) is -0.439. The van der Waals surface area contributed by atoms with Crippen LogP contribution >= 0.6 is 0 Å². The van der Waals surface area contributed by atoms with E-state index >= 15 is 0 Å². The van der Waals surface area contributed by atoms with Gasteiger partial charge < -0.3 is 9.67 Å². The Morgan fingerprint density at radius 2 is 2.21 bits per heavy atom. The number of carbonyl (C=O) groups is 1. The molecule has 1 saturated carbocycles.